The molecule has 2 saturated heterocycles. The monoisotopic (exact) mass is 512 g/mol. The van der Waals surface area contributed by atoms with E-state index in [0.717, 1.165) is 32.0 Å². The Hall–Kier alpha value is -3.04. The summed E-state index contributed by atoms with van der Waals surface area (Å²) in [4.78, 5) is 32.1. The van der Waals surface area contributed by atoms with Crippen molar-refractivity contribution in [3.8, 4) is 5.75 Å². The van der Waals surface area contributed by atoms with Crippen LogP contribution in [0.25, 0.3) is 0 Å². The average molecular weight is 513 g/mol. The molecule has 2 aliphatic rings. The Bertz CT molecular complexity index is 1070. The molecule has 1 atom stereocenters. The fourth-order valence-electron chi connectivity index (χ4n) is 4.73. The van der Waals surface area contributed by atoms with E-state index in [0.29, 0.717) is 28.8 Å². The zero-order valence-corrected chi connectivity index (χ0v) is 21.6. The molecule has 4 rings (SSSR count). The van der Waals surface area contributed by atoms with E-state index < -0.39 is 6.04 Å². The molecule has 192 valence electrons. The lowest BCUT2D eigenvalue weighted by Crippen LogP contribution is -2.40. The summed E-state index contributed by atoms with van der Waals surface area (Å²) in [7, 11) is 1.58. The zero-order chi connectivity index (χ0) is 25.7. The Kier molecular flexibility index (Phi) is 8.53. The third-order valence-corrected chi connectivity index (χ3v) is 7.32. The van der Waals surface area contributed by atoms with Crippen molar-refractivity contribution < 1.29 is 18.7 Å². The molecule has 2 heterocycles. The maximum Gasteiger partial charge on any atom is 0.256 e. The van der Waals surface area contributed by atoms with E-state index in [-0.39, 0.29) is 24.1 Å². The van der Waals surface area contributed by atoms with E-state index in [1.165, 1.54) is 42.0 Å². The lowest BCUT2D eigenvalue weighted by Gasteiger charge is -2.31. The van der Waals surface area contributed by atoms with Crippen molar-refractivity contribution >= 4 is 40.5 Å². The van der Waals surface area contributed by atoms with Crippen molar-refractivity contribution in [1.82, 2.24) is 9.80 Å². The first-order valence-corrected chi connectivity index (χ1v) is 12.8. The zero-order valence-electron chi connectivity index (χ0n) is 20.8. The highest BCUT2D eigenvalue weighted by Gasteiger charge is 2.43. The lowest BCUT2D eigenvalue weighted by molar-refractivity contribution is -0.124. The fourth-order valence-corrected chi connectivity index (χ4v) is 5.14. The van der Waals surface area contributed by atoms with Crippen LogP contribution in [0.4, 0.5) is 15.8 Å². The van der Waals surface area contributed by atoms with E-state index in [9.17, 15) is 14.0 Å². The first-order valence-electron chi connectivity index (χ1n) is 12.4. The normalized spacial score (nSPS) is 19.1. The number of halogens is 1. The highest BCUT2D eigenvalue weighted by atomic mass is 32.1. The largest absolute Gasteiger partial charge is 0.497 e. The summed E-state index contributed by atoms with van der Waals surface area (Å²) < 4.78 is 18.7. The second kappa shape index (κ2) is 11.8. The maximum absolute atomic E-state index is 13.5. The van der Waals surface area contributed by atoms with Crippen LogP contribution in [-0.4, -0.2) is 66.1 Å². The summed E-state index contributed by atoms with van der Waals surface area (Å²) >= 11 is 5.70. The number of amides is 2. The number of carbonyl (C=O) groups is 2. The SMILES string of the molecule is COc1ccc(NC(=O)C[C@H]2C(=O)N(c3ccc(F)cc3)C(=S)N2CCCN2CCC(C)CC2)cc1. The molecule has 0 aliphatic carbocycles. The topological polar surface area (TPSA) is 65.1 Å². The van der Waals surface area contributed by atoms with Crippen LogP contribution in [0.3, 0.4) is 0 Å². The van der Waals surface area contributed by atoms with Crippen LogP contribution < -0.4 is 15.0 Å². The van der Waals surface area contributed by atoms with Crippen molar-refractivity contribution in [3.05, 3.63) is 54.3 Å². The number of rotatable bonds is 9. The number of anilines is 2. The van der Waals surface area contributed by atoms with Gasteiger partial charge in [0.05, 0.1) is 19.2 Å². The summed E-state index contributed by atoms with van der Waals surface area (Å²) in [5.74, 6) is 0.511. The number of piperidine rings is 1. The molecule has 0 spiro atoms. The van der Waals surface area contributed by atoms with E-state index in [1.54, 1.807) is 31.4 Å². The molecule has 2 fully saturated rings. The minimum atomic E-state index is -0.720. The summed E-state index contributed by atoms with van der Waals surface area (Å²) in [6, 6.07) is 12.0. The third kappa shape index (κ3) is 6.20. The lowest BCUT2D eigenvalue weighted by atomic mass is 9.99. The van der Waals surface area contributed by atoms with Crippen molar-refractivity contribution in [2.45, 2.75) is 38.6 Å². The van der Waals surface area contributed by atoms with Gasteiger partial charge in [-0.3, -0.25) is 14.5 Å². The van der Waals surface area contributed by atoms with Crippen molar-refractivity contribution in [2.24, 2.45) is 5.92 Å². The van der Waals surface area contributed by atoms with Crippen molar-refractivity contribution in [1.29, 1.82) is 0 Å². The molecule has 0 saturated carbocycles. The standard InChI is InChI=1S/C27H33FN4O3S/c1-19-12-16-30(17-13-19)14-3-15-31-24(18-25(33)29-21-6-10-23(35-2)11-7-21)26(34)32(27(31)36)22-8-4-20(28)5-9-22/h4-11,19,24H,3,12-18H2,1-2H3,(H,29,33)/t24-/m0/s1. The van der Waals surface area contributed by atoms with Gasteiger partial charge in [0.25, 0.3) is 5.91 Å². The first-order chi connectivity index (χ1) is 17.4. The third-order valence-electron chi connectivity index (χ3n) is 6.91. The van der Waals surface area contributed by atoms with E-state index >= 15 is 0 Å². The molecule has 36 heavy (non-hydrogen) atoms. The number of hydrogen-bond donors (Lipinski definition) is 1. The molecule has 0 aromatic heterocycles. The van der Waals surface area contributed by atoms with Gasteiger partial charge in [0.15, 0.2) is 5.11 Å². The molecule has 2 amide bonds. The number of methoxy groups -OCH3 is 1. The summed E-state index contributed by atoms with van der Waals surface area (Å²) in [6.07, 6.45) is 3.19. The number of thiocarbonyl (C=S) groups is 1. The van der Waals surface area contributed by atoms with Gasteiger partial charge in [0.1, 0.15) is 17.6 Å². The summed E-state index contributed by atoms with van der Waals surface area (Å²) in [5, 5.41) is 3.21. The van der Waals surface area contributed by atoms with Gasteiger partial charge < -0.3 is 19.9 Å². The predicted octanol–water partition coefficient (Wildman–Crippen LogP) is 4.29. The van der Waals surface area contributed by atoms with Gasteiger partial charge in [-0.1, -0.05) is 6.92 Å². The number of ether oxygens (including phenoxy) is 1. The second-order valence-corrected chi connectivity index (χ2v) is 9.87. The molecular weight excluding hydrogens is 479 g/mol. The number of carbonyl (C=O) groups excluding carboxylic acids is 2. The predicted molar refractivity (Wildman–Crippen MR) is 143 cm³/mol. The summed E-state index contributed by atoms with van der Waals surface area (Å²) in [6.45, 7) is 5.94. The van der Waals surface area contributed by atoms with Crippen LogP contribution >= 0.6 is 12.2 Å². The van der Waals surface area contributed by atoms with Crippen LogP contribution in [-0.2, 0) is 9.59 Å². The van der Waals surface area contributed by atoms with E-state index in [4.69, 9.17) is 17.0 Å². The Balaban J connectivity index is 1.45. The Morgan fingerprint density at radius 3 is 2.39 bits per heavy atom. The Morgan fingerprint density at radius 2 is 1.75 bits per heavy atom. The van der Waals surface area contributed by atoms with E-state index in [1.807, 2.05) is 4.90 Å². The van der Waals surface area contributed by atoms with Gasteiger partial charge in [-0.05, 0) is 106 Å². The number of nitrogens with one attached hydrogen (secondary N) is 1. The number of benzene rings is 2. The molecule has 0 unspecified atom stereocenters. The number of hydrogen-bond acceptors (Lipinski definition) is 5. The van der Waals surface area contributed by atoms with Crippen LogP contribution in [0.15, 0.2) is 48.5 Å². The molecule has 7 nitrogen and oxygen atoms in total. The van der Waals surface area contributed by atoms with Gasteiger partial charge in [-0.15, -0.1) is 0 Å². The molecule has 0 bridgehead atoms. The van der Waals surface area contributed by atoms with Crippen LogP contribution in [0.5, 0.6) is 5.75 Å². The van der Waals surface area contributed by atoms with Crippen LogP contribution in [0, 0.1) is 11.7 Å². The number of nitrogens with zero attached hydrogens (tertiary/aromatic N) is 3. The minimum absolute atomic E-state index is 0.0378. The van der Waals surface area contributed by atoms with Crippen LogP contribution in [0.2, 0.25) is 0 Å². The highest BCUT2D eigenvalue weighted by Crippen LogP contribution is 2.28. The molecular formula is C27H33FN4O3S. The maximum atomic E-state index is 13.5. The van der Waals surface area contributed by atoms with Gasteiger partial charge in [-0.2, -0.15) is 0 Å². The van der Waals surface area contributed by atoms with Crippen molar-refractivity contribution in [3.63, 3.8) is 0 Å². The molecule has 2 aliphatic heterocycles. The Labute approximate surface area is 217 Å². The van der Waals surface area contributed by atoms with Gasteiger partial charge in [-0.25, -0.2) is 4.39 Å². The van der Waals surface area contributed by atoms with Crippen molar-refractivity contribution in [2.75, 3.05) is 43.5 Å². The molecule has 2 aromatic carbocycles. The van der Waals surface area contributed by atoms with Gasteiger partial charge in [0, 0.05) is 12.2 Å². The summed E-state index contributed by atoms with van der Waals surface area (Å²) in [5.41, 5.74) is 1.12. The molecule has 1 N–H and O–H groups in total. The molecule has 2 aromatic rings. The molecule has 0 radical (unpaired) electrons. The average Bonchev–Trinajstić information content (AvgIpc) is 3.10. The first kappa shape index (κ1) is 26.0. The molecule has 9 heteroatoms. The van der Waals surface area contributed by atoms with E-state index in [2.05, 4.69) is 17.1 Å². The number of likely N-dealkylation sites (tertiary alicyclic amines) is 1. The Morgan fingerprint density at radius 1 is 1.08 bits per heavy atom. The minimum Gasteiger partial charge on any atom is -0.497 e. The van der Waals surface area contributed by atoms with Crippen LogP contribution in [0.1, 0.15) is 32.6 Å². The fraction of sp³-hybridized carbons (Fsp3) is 0.444. The quantitative estimate of drug-likeness (QED) is 0.506. The second-order valence-electron chi connectivity index (χ2n) is 9.50. The van der Waals surface area contributed by atoms with Gasteiger partial charge in [0.2, 0.25) is 5.91 Å². The highest BCUT2D eigenvalue weighted by molar-refractivity contribution is 7.80. The van der Waals surface area contributed by atoms with Gasteiger partial charge >= 0.3 is 0 Å². The smallest absolute Gasteiger partial charge is 0.256 e.